The number of carbonyl (C=O) groups excluding carboxylic acids is 3. The number of nitrogens with one attached hydrogen (secondary N) is 1. The Hall–Kier alpha value is -4.17. The minimum Gasteiger partial charge on any atom is -0.497 e. The van der Waals surface area contributed by atoms with Crippen molar-refractivity contribution in [1.29, 1.82) is 0 Å². The molecule has 3 amide bonds. The fraction of sp³-hybridized carbons (Fsp3) is 0.222. The van der Waals surface area contributed by atoms with E-state index in [0.717, 1.165) is 16.9 Å². The Morgan fingerprint density at radius 3 is 2.43 bits per heavy atom. The number of ether oxygens (including phenoxy) is 1. The minimum absolute atomic E-state index is 0.0135. The SMILES string of the molecule is COc1ccc(-c2ccc3c(c2)C(=O)N2CCN(C(=O)[C@@H](O)c4ccccc4)C[C@@H]2C(=O)N3)cc1. The molecule has 0 saturated carbocycles. The number of aliphatic hydroxyl groups excluding tert-OH is 1. The van der Waals surface area contributed by atoms with Gasteiger partial charge in [-0.3, -0.25) is 14.4 Å². The maximum Gasteiger partial charge on any atom is 0.256 e. The second-order valence-corrected chi connectivity index (χ2v) is 8.59. The molecule has 1 fully saturated rings. The summed E-state index contributed by atoms with van der Waals surface area (Å²) < 4.78 is 5.21. The highest BCUT2D eigenvalue weighted by molar-refractivity contribution is 6.10. The molecule has 0 unspecified atom stereocenters. The number of nitrogens with zero attached hydrogens (tertiary/aromatic N) is 2. The lowest BCUT2D eigenvalue weighted by atomic mass is 10.0. The van der Waals surface area contributed by atoms with Gasteiger partial charge in [-0.2, -0.15) is 0 Å². The largest absolute Gasteiger partial charge is 0.497 e. The fourth-order valence-corrected chi connectivity index (χ4v) is 4.57. The van der Waals surface area contributed by atoms with Crippen LogP contribution < -0.4 is 10.1 Å². The van der Waals surface area contributed by atoms with Gasteiger partial charge in [-0.05, 0) is 41.0 Å². The standard InChI is InChI=1S/C27H25N3O5/c1-35-20-10-7-17(8-11-20)19-9-12-22-21(15-19)26(33)30-14-13-29(16-23(30)25(32)28-22)27(34)24(31)18-5-3-2-4-6-18/h2-12,15,23-24,31H,13-14,16H2,1H3,(H,28,32)/t23-,24+/m1/s1. The first-order valence-corrected chi connectivity index (χ1v) is 11.4. The Morgan fingerprint density at radius 1 is 1.00 bits per heavy atom. The summed E-state index contributed by atoms with van der Waals surface area (Å²) in [5, 5.41) is 13.4. The molecule has 3 aromatic rings. The topological polar surface area (TPSA) is 99.2 Å². The first-order chi connectivity index (χ1) is 17.0. The van der Waals surface area contributed by atoms with Crippen LogP contribution in [0.15, 0.2) is 72.8 Å². The highest BCUT2D eigenvalue weighted by atomic mass is 16.5. The molecule has 178 valence electrons. The van der Waals surface area contributed by atoms with Gasteiger partial charge in [-0.15, -0.1) is 0 Å². The van der Waals surface area contributed by atoms with Crippen molar-refractivity contribution in [3.05, 3.63) is 83.9 Å². The van der Waals surface area contributed by atoms with E-state index in [4.69, 9.17) is 4.74 Å². The summed E-state index contributed by atoms with van der Waals surface area (Å²) >= 11 is 0. The van der Waals surface area contributed by atoms with E-state index in [1.807, 2.05) is 30.3 Å². The van der Waals surface area contributed by atoms with E-state index in [1.165, 1.54) is 9.80 Å². The Balaban J connectivity index is 1.38. The summed E-state index contributed by atoms with van der Waals surface area (Å²) in [4.78, 5) is 42.5. The van der Waals surface area contributed by atoms with Crippen LogP contribution in [0.25, 0.3) is 11.1 Å². The molecule has 2 N–H and O–H groups in total. The van der Waals surface area contributed by atoms with Crippen molar-refractivity contribution in [2.75, 3.05) is 32.1 Å². The van der Waals surface area contributed by atoms with Crippen LogP contribution in [0, 0.1) is 0 Å². The van der Waals surface area contributed by atoms with Crippen molar-refractivity contribution < 1.29 is 24.2 Å². The first kappa shape index (κ1) is 22.6. The molecule has 35 heavy (non-hydrogen) atoms. The van der Waals surface area contributed by atoms with Gasteiger partial charge in [0.25, 0.3) is 11.8 Å². The number of rotatable bonds is 4. The Kier molecular flexibility index (Phi) is 5.96. The zero-order valence-corrected chi connectivity index (χ0v) is 19.2. The van der Waals surface area contributed by atoms with Crippen molar-refractivity contribution in [2.24, 2.45) is 0 Å². The molecule has 0 radical (unpaired) electrons. The first-order valence-electron chi connectivity index (χ1n) is 11.4. The van der Waals surface area contributed by atoms with Gasteiger partial charge >= 0.3 is 0 Å². The normalized spacial score (nSPS) is 18.2. The van der Waals surface area contributed by atoms with Crippen molar-refractivity contribution in [3.63, 3.8) is 0 Å². The molecule has 0 spiro atoms. The number of anilines is 1. The molecule has 8 nitrogen and oxygen atoms in total. The van der Waals surface area contributed by atoms with E-state index in [-0.39, 0.29) is 31.4 Å². The number of piperazine rings is 1. The zero-order chi connectivity index (χ0) is 24.5. The maximum absolute atomic E-state index is 13.5. The van der Waals surface area contributed by atoms with Crippen molar-refractivity contribution in [2.45, 2.75) is 12.1 Å². The quantitative estimate of drug-likeness (QED) is 0.610. The Labute approximate surface area is 202 Å². The van der Waals surface area contributed by atoms with Gasteiger partial charge in [-0.1, -0.05) is 48.5 Å². The van der Waals surface area contributed by atoms with Gasteiger partial charge in [0.1, 0.15) is 11.8 Å². The van der Waals surface area contributed by atoms with Crippen molar-refractivity contribution >= 4 is 23.4 Å². The van der Waals surface area contributed by atoms with Gasteiger partial charge in [0.15, 0.2) is 6.10 Å². The highest BCUT2D eigenvalue weighted by Crippen LogP contribution is 2.31. The lowest BCUT2D eigenvalue weighted by Gasteiger charge is -2.40. The molecule has 0 bridgehead atoms. The van der Waals surface area contributed by atoms with E-state index < -0.39 is 18.1 Å². The molecule has 2 atom stereocenters. The van der Waals surface area contributed by atoms with Crippen molar-refractivity contribution in [1.82, 2.24) is 9.80 Å². The molecule has 5 rings (SSSR count). The summed E-state index contributed by atoms with van der Waals surface area (Å²) in [7, 11) is 1.60. The minimum atomic E-state index is -1.32. The van der Waals surface area contributed by atoms with E-state index >= 15 is 0 Å². The summed E-state index contributed by atoms with van der Waals surface area (Å²) in [6, 6.07) is 20.7. The number of amides is 3. The van der Waals surface area contributed by atoms with E-state index in [9.17, 15) is 19.5 Å². The monoisotopic (exact) mass is 471 g/mol. The number of hydrogen-bond acceptors (Lipinski definition) is 5. The van der Waals surface area contributed by atoms with Crippen LogP contribution in [0.2, 0.25) is 0 Å². The summed E-state index contributed by atoms with van der Waals surface area (Å²) in [6.45, 7) is 0.432. The fourth-order valence-electron chi connectivity index (χ4n) is 4.57. The predicted molar refractivity (Wildman–Crippen MR) is 130 cm³/mol. The van der Waals surface area contributed by atoms with Crippen LogP contribution in [0.3, 0.4) is 0 Å². The third kappa shape index (κ3) is 4.24. The molecular weight excluding hydrogens is 446 g/mol. The van der Waals surface area contributed by atoms with Crippen LogP contribution >= 0.6 is 0 Å². The smallest absolute Gasteiger partial charge is 0.256 e. The molecular formula is C27H25N3O5. The van der Waals surface area contributed by atoms with Crippen LogP contribution in [-0.2, 0) is 9.59 Å². The average molecular weight is 472 g/mol. The number of aliphatic hydroxyl groups is 1. The summed E-state index contributed by atoms with van der Waals surface area (Å²) in [5.41, 5.74) is 3.08. The molecule has 0 aliphatic carbocycles. The van der Waals surface area contributed by atoms with Gasteiger partial charge in [0.2, 0.25) is 5.91 Å². The third-order valence-corrected chi connectivity index (χ3v) is 6.54. The number of hydrogen-bond donors (Lipinski definition) is 2. The van der Waals surface area contributed by atoms with Gasteiger partial charge in [0, 0.05) is 13.1 Å². The second-order valence-electron chi connectivity index (χ2n) is 8.59. The number of fused-ring (bicyclic) bond motifs is 2. The predicted octanol–water partition coefficient (Wildman–Crippen LogP) is 2.70. The lowest BCUT2D eigenvalue weighted by molar-refractivity contribution is -0.144. The lowest BCUT2D eigenvalue weighted by Crippen LogP contribution is -2.60. The Morgan fingerprint density at radius 2 is 1.71 bits per heavy atom. The van der Waals surface area contributed by atoms with Crippen molar-refractivity contribution in [3.8, 4) is 16.9 Å². The molecule has 2 aliphatic rings. The van der Waals surface area contributed by atoms with Gasteiger partial charge in [-0.25, -0.2) is 0 Å². The van der Waals surface area contributed by atoms with Crippen LogP contribution in [0.1, 0.15) is 22.0 Å². The summed E-state index contributed by atoms with van der Waals surface area (Å²) in [6.07, 6.45) is -1.32. The molecule has 1 saturated heterocycles. The molecule has 0 aromatic heterocycles. The maximum atomic E-state index is 13.5. The Bertz CT molecular complexity index is 1280. The summed E-state index contributed by atoms with van der Waals surface area (Å²) in [5.74, 6) is -0.380. The average Bonchev–Trinajstić information content (AvgIpc) is 3.01. The van der Waals surface area contributed by atoms with Gasteiger partial charge in [0.05, 0.1) is 24.9 Å². The van der Waals surface area contributed by atoms with Crippen LogP contribution in [-0.4, -0.2) is 65.4 Å². The number of benzene rings is 3. The number of carbonyl (C=O) groups is 3. The van der Waals surface area contributed by atoms with E-state index in [1.54, 1.807) is 49.6 Å². The van der Waals surface area contributed by atoms with E-state index in [2.05, 4.69) is 5.32 Å². The molecule has 8 heteroatoms. The zero-order valence-electron chi connectivity index (χ0n) is 19.2. The van der Waals surface area contributed by atoms with Crippen LogP contribution in [0.4, 0.5) is 5.69 Å². The third-order valence-electron chi connectivity index (χ3n) is 6.54. The second kappa shape index (κ2) is 9.23. The molecule has 2 heterocycles. The molecule has 2 aliphatic heterocycles. The molecule has 3 aromatic carbocycles. The highest BCUT2D eigenvalue weighted by Gasteiger charge is 2.41. The van der Waals surface area contributed by atoms with E-state index in [0.29, 0.717) is 16.8 Å². The van der Waals surface area contributed by atoms with Crippen LogP contribution in [0.5, 0.6) is 5.75 Å². The van der Waals surface area contributed by atoms with Gasteiger partial charge < -0.3 is 25.0 Å². The number of methoxy groups -OCH3 is 1.